The Balaban J connectivity index is 2.55. The minimum Gasteiger partial charge on any atom is -0.314 e. The van der Waals surface area contributed by atoms with Crippen molar-refractivity contribution in [2.45, 2.75) is 30.8 Å². The van der Waals surface area contributed by atoms with Gasteiger partial charge in [-0.1, -0.05) is 0 Å². The van der Waals surface area contributed by atoms with Crippen molar-refractivity contribution in [1.82, 2.24) is 9.62 Å². The fourth-order valence-electron chi connectivity index (χ4n) is 2.47. The van der Waals surface area contributed by atoms with Crippen molar-refractivity contribution < 1.29 is 21.6 Å². The van der Waals surface area contributed by atoms with E-state index in [0.29, 0.717) is 25.2 Å². The minimum atomic E-state index is -4.36. The molecule has 0 spiro atoms. The summed E-state index contributed by atoms with van der Waals surface area (Å²) in [6, 6.07) is -0.165. The Kier molecular flexibility index (Phi) is 4.08. The fourth-order valence-corrected chi connectivity index (χ4v) is 4.39. The molecule has 1 aromatic rings. The molecule has 1 heterocycles. The third-order valence-corrected chi connectivity index (χ3v) is 5.43. The molecule has 112 valence electrons. The third kappa shape index (κ3) is 2.55. The van der Waals surface area contributed by atoms with Crippen LogP contribution in [0.4, 0.5) is 13.2 Å². The minimum absolute atomic E-state index is 0.369. The van der Waals surface area contributed by atoms with Crippen LogP contribution in [0.3, 0.4) is 0 Å². The van der Waals surface area contributed by atoms with Crippen LogP contribution in [0.25, 0.3) is 0 Å². The van der Waals surface area contributed by atoms with Crippen molar-refractivity contribution in [3.8, 4) is 0 Å². The summed E-state index contributed by atoms with van der Waals surface area (Å²) in [7, 11) is -4.36. The van der Waals surface area contributed by atoms with Gasteiger partial charge >= 0.3 is 0 Å². The first kappa shape index (κ1) is 15.3. The van der Waals surface area contributed by atoms with Gasteiger partial charge in [0.25, 0.3) is 0 Å². The first-order chi connectivity index (χ1) is 9.25. The van der Waals surface area contributed by atoms with E-state index in [9.17, 15) is 21.6 Å². The molecule has 1 aromatic carbocycles. The van der Waals surface area contributed by atoms with Crippen LogP contribution in [0.5, 0.6) is 0 Å². The van der Waals surface area contributed by atoms with Crippen LogP contribution >= 0.6 is 0 Å². The number of halogens is 3. The topological polar surface area (TPSA) is 49.4 Å². The Labute approximate surface area is 115 Å². The fraction of sp³-hybridized carbons (Fsp3) is 0.500. The van der Waals surface area contributed by atoms with Crippen molar-refractivity contribution in [2.75, 3.05) is 13.1 Å². The van der Waals surface area contributed by atoms with Gasteiger partial charge in [-0.05, 0) is 13.8 Å². The van der Waals surface area contributed by atoms with Crippen molar-refractivity contribution in [2.24, 2.45) is 0 Å². The van der Waals surface area contributed by atoms with E-state index in [2.05, 4.69) is 5.32 Å². The van der Waals surface area contributed by atoms with Crippen LogP contribution in [0.15, 0.2) is 17.0 Å². The molecule has 1 fully saturated rings. The van der Waals surface area contributed by atoms with Crippen LogP contribution < -0.4 is 5.32 Å². The average Bonchev–Trinajstić information content (AvgIpc) is 2.25. The predicted molar refractivity (Wildman–Crippen MR) is 67.1 cm³/mol. The van der Waals surface area contributed by atoms with Gasteiger partial charge in [0.15, 0.2) is 4.90 Å². The van der Waals surface area contributed by atoms with E-state index < -0.39 is 44.5 Å². The highest BCUT2D eigenvalue weighted by atomic mass is 32.2. The average molecular weight is 308 g/mol. The normalized spacial score (nSPS) is 24.9. The summed E-state index contributed by atoms with van der Waals surface area (Å²) in [5.74, 6) is -3.98. The van der Waals surface area contributed by atoms with Crippen LogP contribution in [-0.4, -0.2) is 37.9 Å². The van der Waals surface area contributed by atoms with Gasteiger partial charge in [0.1, 0.15) is 17.5 Å². The van der Waals surface area contributed by atoms with E-state index in [-0.39, 0.29) is 0 Å². The monoisotopic (exact) mass is 308 g/mol. The lowest BCUT2D eigenvalue weighted by Crippen LogP contribution is -2.57. The number of sulfonamides is 1. The molecule has 1 saturated heterocycles. The molecule has 0 radical (unpaired) electrons. The number of nitrogens with one attached hydrogen (secondary N) is 1. The van der Waals surface area contributed by atoms with Crippen LogP contribution in [-0.2, 0) is 10.0 Å². The van der Waals surface area contributed by atoms with Crippen molar-refractivity contribution in [3.05, 3.63) is 29.6 Å². The van der Waals surface area contributed by atoms with Gasteiger partial charge in [-0.25, -0.2) is 21.6 Å². The molecule has 1 N–H and O–H groups in total. The van der Waals surface area contributed by atoms with Crippen molar-refractivity contribution in [3.63, 3.8) is 0 Å². The molecule has 2 unspecified atom stereocenters. The highest BCUT2D eigenvalue weighted by Gasteiger charge is 2.39. The Morgan fingerprint density at radius 1 is 1.10 bits per heavy atom. The molecule has 4 nitrogen and oxygen atoms in total. The zero-order valence-electron chi connectivity index (χ0n) is 11.0. The molecule has 0 bridgehead atoms. The molecule has 1 aliphatic rings. The Morgan fingerprint density at radius 2 is 1.55 bits per heavy atom. The van der Waals surface area contributed by atoms with Gasteiger partial charge in [-0.3, -0.25) is 0 Å². The van der Waals surface area contributed by atoms with Crippen LogP contribution in [0.1, 0.15) is 13.8 Å². The zero-order chi connectivity index (χ0) is 15.1. The van der Waals surface area contributed by atoms with Crippen molar-refractivity contribution in [1.29, 1.82) is 0 Å². The maximum Gasteiger partial charge on any atom is 0.249 e. The van der Waals surface area contributed by atoms with Crippen LogP contribution in [0.2, 0.25) is 0 Å². The number of hydrogen-bond acceptors (Lipinski definition) is 3. The molecule has 20 heavy (non-hydrogen) atoms. The molecule has 8 heteroatoms. The van der Waals surface area contributed by atoms with E-state index in [4.69, 9.17) is 0 Å². The maximum absolute atomic E-state index is 13.7. The number of hydrogen-bond donors (Lipinski definition) is 1. The molecule has 2 rings (SSSR count). The summed E-state index contributed by atoms with van der Waals surface area (Å²) < 4.78 is 66.3. The SMILES string of the molecule is CC1CNCC(C)N1S(=O)(=O)c1c(F)cc(F)cc1F. The largest absolute Gasteiger partial charge is 0.314 e. The first-order valence-corrected chi connectivity index (χ1v) is 7.58. The highest BCUT2D eigenvalue weighted by molar-refractivity contribution is 7.89. The summed E-state index contributed by atoms with van der Waals surface area (Å²) >= 11 is 0. The third-order valence-electron chi connectivity index (χ3n) is 3.25. The van der Waals surface area contributed by atoms with Gasteiger partial charge in [-0.2, -0.15) is 4.31 Å². The molecule has 1 aliphatic heterocycles. The molecule has 0 aromatic heterocycles. The number of rotatable bonds is 2. The van der Waals surface area contributed by atoms with E-state index >= 15 is 0 Å². The molecule has 2 atom stereocenters. The quantitative estimate of drug-likeness (QED) is 0.900. The second kappa shape index (κ2) is 5.34. The van der Waals surface area contributed by atoms with Crippen LogP contribution in [0, 0.1) is 17.5 Å². The molecular formula is C12H15F3N2O2S. The Bertz CT molecular complexity index is 588. The summed E-state index contributed by atoms with van der Waals surface area (Å²) in [4.78, 5) is -1.10. The predicted octanol–water partition coefficient (Wildman–Crippen LogP) is 1.47. The molecule has 0 saturated carbocycles. The van der Waals surface area contributed by atoms with E-state index in [0.717, 1.165) is 4.31 Å². The summed E-state index contributed by atoms with van der Waals surface area (Å²) in [6.07, 6.45) is 0. The zero-order valence-corrected chi connectivity index (χ0v) is 11.8. The molecule has 0 amide bonds. The van der Waals surface area contributed by atoms with Gasteiger partial charge < -0.3 is 5.32 Å². The lowest BCUT2D eigenvalue weighted by Gasteiger charge is -2.38. The van der Waals surface area contributed by atoms with Gasteiger partial charge in [0.2, 0.25) is 10.0 Å². The first-order valence-electron chi connectivity index (χ1n) is 6.14. The van der Waals surface area contributed by atoms with Gasteiger partial charge in [0.05, 0.1) is 0 Å². The Hall–Kier alpha value is -1.12. The van der Waals surface area contributed by atoms with E-state index in [1.807, 2.05) is 0 Å². The lowest BCUT2D eigenvalue weighted by atomic mass is 10.2. The van der Waals surface area contributed by atoms with E-state index in [1.165, 1.54) is 0 Å². The van der Waals surface area contributed by atoms with Gasteiger partial charge in [-0.15, -0.1) is 0 Å². The highest BCUT2D eigenvalue weighted by Crippen LogP contribution is 2.27. The maximum atomic E-state index is 13.7. The number of nitrogens with zero attached hydrogens (tertiary/aromatic N) is 1. The van der Waals surface area contributed by atoms with E-state index in [1.54, 1.807) is 13.8 Å². The van der Waals surface area contributed by atoms with Gasteiger partial charge in [0, 0.05) is 37.3 Å². The summed E-state index contributed by atoms with van der Waals surface area (Å²) in [5, 5.41) is 3.02. The standard InChI is InChI=1S/C12H15F3N2O2S/c1-7-5-16-6-8(2)17(7)20(18,19)12-10(14)3-9(13)4-11(12)15/h3-4,7-8,16H,5-6H2,1-2H3. The smallest absolute Gasteiger partial charge is 0.249 e. The second-order valence-corrected chi connectivity index (χ2v) is 6.67. The number of piperazine rings is 1. The molecular weight excluding hydrogens is 293 g/mol. The summed E-state index contributed by atoms with van der Waals surface area (Å²) in [6.45, 7) is 4.04. The second-order valence-electron chi connectivity index (χ2n) is 4.89. The summed E-state index contributed by atoms with van der Waals surface area (Å²) in [5.41, 5.74) is 0. The Morgan fingerprint density at radius 3 is 2.00 bits per heavy atom. The number of benzene rings is 1. The van der Waals surface area contributed by atoms with Crippen molar-refractivity contribution >= 4 is 10.0 Å². The molecule has 0 aliphatic carbocycles. The lowest BCUT2D eigenvalue weighted by molar-refractivity contribution is 0.218.